The van der Waals surface area contributed by atoms with Crippen molar-refractivity contribution < 1.29 is 9.53 Å². The van der Waals surface area contributed by atoms with E-state index < -0.39 is 0 Å². The van der Waals surface area contributed by atoms with Crippen LogP contribution in [0, 0.1) is 33.0 Å². The minimum absolute atomic E-state index is 0.0239. The van der Waals surface area contributed by atoms with Gasteiger partial charge in [0.25, 0.3) is 0 Å². The highest BCUT2D eigenvalue weighted by atomic mass is 16.5. The van der Waals surface area contributed by atoms with Crippen LogP contribution < -0.4 is 5.73 Å². The van der Waals surface area contributed by atoms with Gasteiger partial charge in [-0.15, -0.1) is 0 Å². The van der Waals surface area contributed by atoms with Gasteiger partial charge in [0.15, 0.2) is 5.76 Å². The lowest BCUT2D eigenvalue weighted by atomic mass is 9.34. The Hall–Kier alpha value is -2.03. The molecule has 190 valence electrons. The van der Waals surface area contributed by atoms with Crippen LogP contribution in [0.1, 0.15) is 93.4 Å². The number of hydrogen-bond donors (Lipinski definition) is 1. The van der Waals surface area contributed by atoms with E-state index in [2.05, 4.69) is 53.3 Å². The average Bonchev–Trinajstić information content (AvgIpc) is 2.80. The Labute approximate surface area is 212 Å². The molecular formula is C32H45NO2. The Bertz CT molecular complexity index is 1140. The number of hydrogen-bond acceptors (Lipinski definition) is 3. The number of fused-ring (bicyclic) bond motifs is 7. The van der Waals surface area contributed by atoms with Crippen molar-refractivity contribution in [1.82, 2.24) is 0 Å². The minimum atomic E-state index is -0.115. The fourth-order valence-corrected chi connectivity index (χ4v) is 9.06. The van der Waals surface area contributed by atoms with Crippen LogP contribution in [0.2, 0.25) is 0 Å². The largest absolute Gasteiger partial charge is 0.489 e. The number of carbonyl (C=O) groups excluding carboxylic acids is 1. The molecule has 0 amide bonds. The fourth-order valence-electron chi connectivity index (χ4n) is 9.06. The molecule has 6 atom stereocenters. The number of ketones is 1. The molecule has 3 saturated carbocycles. The third-order valence-corrected chi connectivity index (χ3v) is 11.9. The third-order valence-electron chi connectivity index (χ3n) is 11.9. The summed E-state index contributed by atoms with van der Waals surface area (Å²) in [6, 6.07) is 0. The van der Waals surface area contributed by atoms with Gasteiger partial charge in [0.05, 0.1) is 6.61 Å². The molecule has 0 heterocycles. The summed E-state index contributed by atoms with van der Waals surface area (Å²) in [4.78, 5) is 13.1. The van der Waals surface area contributed by atoms with E-state index in [-0.39, 0.29) is 27.4 Å². The molecular weight excluding hydrogens is 430 g/mol. The molecule has 0 bridgehead atoms. The van der Waals surface area contributed by atoms with Gasteiger partial charge in [-0.2, -0.15) is 0 Å². The third kappa shape index (κ3) is 3.05. The molecule has 3 nitrogen and oxygen atoms in total. The predicted octanol–water partition coefficient (Wildman–Crippen LogP) is 7.56. The van der Waals surface area contributed by atoms with Crippen molar-refractivity contribution in [2.24, 2.45) is 38.7 Å². The lowest BCUT2D eigenvalue weighted by Crippen LogP contribution is -2.62. The van der Waals surface area contributed by atoms with Gasteiger partial charge in [-0.25, -0.2) is 0 Å². The molecule has 0 aliphatic heterocycles. The van der Waals surface area contributed by atoms with Crippen molar-refractivity contribution in [2.75, 3.05) is 6.61 Å². The second-order valence-electron chi connectivity index (χ2n) is 13.5. The lowest BCUT2D eigenvalue weighted by Gasteiger charge is -2.70. The zero-order valence-corrected chi connectivity index (χ0v) is 23.1. The summed E-state index contributed by atoms with van der Waals surface area (Å²) < 4.78 is 5.76. The van der Waals surface area contributed by atoms with E-state index in [1.165, 1.54) is 42.4 Å². The van der Waals surface area contributed by atoms with E-state index in [4.69, 9.17) is 10.5 Å². The smallest absolute Gasteiger partial charge is 0.220 e. The maximum atomic E-state index is 13.1. The summed E-state index contributed by atoms with van der Waals surface area (Å²) in [7, 11) is 0. The van der Waals surface area contributed by atoms with E-state index in [0.717, 1.165) is 30.5 Å². The highest BCUT2D eigenvalue weighted by molar-refractivity contribution is 6.07. The van der Waals surface area contributed by atoms with Crippen LogP contribution in [0.4, 0.5) is 0 Å². The molecule has 0 aromatic rings. The van der Waals surface area contributed by atoms with Crippen LogP contribution in [-0.2, 0) is 9.53 Å². The Kier molecular flexibility index (Phi) is 5.28. The zero-order chi connectivity index (χ0) is 25.6. The summed E-state index contributed by atoms with van der Waals surface area (Å²) in [6.07, 6.45) is 14.8. The zero-order valence-electron chi connectivity index (χ0n) is 23.1. The van der Waals surface area contributed by atoms with Crippen LogP contribution in [-0.4, -0.2) is 12.4 Å². The van der Waals surface area contributed by atoms with Crippen molar-refractivity contribution in [1.29, 1.82) is 0 Å². The lowest BCUT2D eigenvalue weighted by molar-refractivity contribution is -0.157. The van der Waals surface area contributed by atoms with Crippen LogP contribution in [0.3, 0.4) is 0 Å². The number of allylic oxidation sites excluding steroid dienone is 8. The molecule has 0 spiro atoms. The normalized spacial score (nSPS) is 44.7. The summed E-state index contributed by atoms with van der Waals surface area (Å²) in [5.41, 5.74) is 12.7. The van der Waals surface area contributed by atoms with Crippen molar-refractivity contribution in [2.45, 2.75) is 93.4 Å². The van der Waals surface area contributed by atoms with Gasteiger partial charge in [-0.1, -0.05) is 58.9 Å². The molecule has 3 heteroatoms. The monoisotopic (exact) mass is 475 g/mol. The van der Waals surface area contributed by atoms with Crippen LogP contribution in [0.25, 0.3) is 0 Å². The molecule has 5 aliphatic rings. The van der Waals surface area contributed by atoms with E-state index in [9.17, 15) is 4.79 Å². The molecule has 0 unspecified atom stereocenters. The molecule has 0 radical (unpaired) electrons. The van der Waals surface area contributed by atoms with Crippen molar-refractivity contribution in [3.05, 3.63) is 58.6 Å². The van der Waals surface area contributed by atoms with E-state index in [1.54, 1.807) is 0 Å². The summed E-state index contributed by atoms with van der Waals surface area (Å²) in [5, 5.41) is 0. The number of nitrogens with two attached hydrogens (primary N) is 1. The van der Waals surface area contributed by atoms with E-state index in [1.807, 2.05) is 19.9 Å². The first-order valence-corrected chi connectivity index (χ1v) is 13.7. The standard InChI is InChI=1S/C32H45NO2/c1-9-35-27-20(2)22-10-11-25-30(6,23(22)18-24(27)34)15-17-32(8)26-19-29(5,21(3)33)13-12-28(26,4)14-16-31(25,32)7/h10-11,18,26H,3,9,12-17,19,33H2,1-2,4-8H3/t26-,28-,29-,30+,31-,32+/m1/s1. The van der Waals surface area contributed by atoms with Gasteiger partial charge in [-0.3, -0.25) is 4.79 Å². The van der Waals surface area contributed by atoms with Gasteiger partial charge >= 0.3 is 0 Å². The SMILES string of the molecule is C=C(N)[C@]1(C)CC[C@]2(C)CC[C@]3(C)C4=CC=C5C(=CC(=O)C(OCC)=C5C)[C@]4(C)CC[C@@]3(C)[C@@H]2C1. The van der Waals surface area contributed by atoms with Crippen LogP contribution >= 0.6 is 0 Å². The maximum absolute atomic E-state index is 13.1. The number of carbonyl (C=O) groups is 1. The summed E-state index contributed by atoms with van der Waals surface area (Å²) in [6.45, 7) is 21.1. The second kappa shape index (κ2) is 7.49. The van der Waals surface area contributed by atoms with Gasteiger partial charge in [0.2, 0.25) is 5.78 Å². The second-order valence-corrected chi connectivity index (χ2v) is 13.5. The highest BCUT2D eigenvalue weighted by Crippen LogP contribution is 2.75. The topological polar surface area (TPSA) is 52.3 Å². The Morgan fingerprint density at radius 1 is 1.06 bits per heavy atom. The molecule has 5 aliphatic carbocycles. The van der Waals surface area contributed by atoms with Gasteiger partial charge in [0.1, 0.15) is 0 Å². The summed E-state index contributed by atoms with van der Waals surface area (Å²) in [5.74, 6) is 1.15. The molecule has 0 aromatic carbocycles. The Morgan fingerprint density at radius 2 is 1.74 bits per heavy atom. The van der Waals surface area contributed by atoms with Crippen LogP contribution in [0.15, 0.2) is 58.6 Å². The Morgan fingerprint density at radius 3 is 2.40 bits per heavy atom. The Balaban J connectivity index is 1.62. The molecule has 5 rings (SSSR count). The molecule has 2 N–H and O–H groups in total. The van der Waals surface area contributed by atoms with Crippen LogP contribution in [0.5, 0.6) is 0 Å². The molecule has 3 fully saturated rings. The van der Waals surface area contributed by atoms with Crippen molar-refractivity contribution in [3.8, 4) is 0 Å². The van der Waals surface area contributed by atoms with Crippen molar-refractivity contribution >= 4 is 5.78 Å². The minimum Gasteiger partial charge on any atom is -0.489 e. The first-order valence-electron chi connectivity index (χ1n) is 13.7. The van der Waals surface area contributed by atoms with E-state index in [0.29, 0.717) is 23.7 Å². The van der Waals surface area contributed by atoms with Crippen molar-refractivity contribution in [3.63, 3.8) is 0 Å². The molecule has 0 aromatic heterocycles. The maximum Gasteiger partial charge on any atom is 0.220 e. The quantitative estimate of drug-likeness (QED) is 0.458. The summed E-state index contributed by atoms with van der Waals surface area (Å²) >= 11 is 0. The number of ether oxygens (including phenoxy) is 1. The highest BCUT2D eigenvalue weighted by Gasteiger charge is 2.66. The first kappa shape index (κ1) is 24.7. The van der Waals surface area contributed by atoms with Gasteiger partial charge < -0.3 is 10.5 Å². The van der Waals surface area contributed by atoms with E-state index >= 15 is 0 Å². The first-order chi connectivity index (χ1) is 16.3. The predicted molar refractivity (Wildman–Crippen MR) is 143 cm³/mol. The molecule has 0 saturated heterocycles. The van der Waals surface area contributed by atoms with Gasteiger partial charge in [0, 0.05) is 22.1 Å². The average molecular weight is 476 g/mol. The molecule has 35 heavy (non-hydrogen) atoms. The number of rotatable bonds is 3. The fraction of sp³-hybridized carbons (Fsp3) is 0.656. The van der Waals surface area contributed by atoms with Gasteiger partial charge in [-0.05, 0) is 98.2 Å².